The molecule has 0 aromatic heterocycles. The van der Waals surface area contributed by atoms with Crippen LogP contribution in [0.1, 0.15) is 49.7 Å². The summed E-state index contributed by atoms with van der Waals surface area (Å²) in [5, 5.41) is 19.9. The van der Waals surface area contributed by atoms with E-state index < -0.39 is 11.9 Å². The van der Waals surface area contributed by atoms with Gasteiger partial charge >= 0.3 is 11.9 Å². The molecule has 0 radical (unpaired) electrons. The number of carboxylic acid groups (broad SMARTS) is 2. The van der Waals surface area contributed by atoms with Gasteiger partial charge in [-0.3, -0.25) is 9.59 Å². The van der Waals surface area contributed by atoms with Crippen LogP contribution in [0.4, 0.5) is 0 Å². The maximum Gasteiger partial charge on any atom is 0.303 e. The first-order valence-corrected chi connectivity index (χ1v) is 8.51. The van der Waals surface area contributed by atoms with Crippen molar-refractivity contribution in [2.24, 2.45) is 0 Å². The Morgan fingerprint density at radius 3 is 1.46 bits per heavy atom. The second kappa shape index (κ2) is 9.06. The lowest BCUT2D eigenvalue weighted by Crippen LogP contribution is -1.97. The fourth-order valence-electron chi connectivity index (χ4n) is 3.04. The number of unbranched alkanes of at least 4 members (excludes halogenated alkanes) is 2. The molecule has 2 rings (SSSR count). The van der Waals surface area contributed by atoms with Gasteiger partial charge in [-0.1, -0.05) is 36.4 Å². The Balaban J connectivity index is 2.05. The minimum Gasteiger partial charge on any atom is -0.481 e. The van der Waals surface area contributed by atoms with Gasteiger partial charge in [0.1, 0.15) is 0 Å². The lowest BCUT2D eigenvalue weighted by Gasteiger charge is -2.11. The predicted molar refractivity (Wildman–Crippen MR) is 94.3 cm³/mol. The third-order valence-corrected chi connectivity index (χ3v) is 4.28. The average molecular weight is 328 g/mol. The number of benzene rings is 2. The zero-order chi connectivity index (χ0) is 17.4. The molecule has 0 aliphatic heterocycles. The first-order chi connectivity index (χ1) is 11.6. The van der Waals surface area contributed by atoms with Crippen molar-refractivity contribution in [1.82, 2.24) is 0 Å². The Bertz CT molecular complexity index is 645. The molecule has 0 unspecified atom stereocenters. The monoisotopic (exact) mass is 328 g/mol. The fourth-order valence-corrected chi connectivity index (χ4v) is 3.04. The minimum atomic E-state index is -0.739. The molecule has 0 bridgehead atoms. The molecule has 0 fully saturated rings. The summed E-state index contributed by atoms with van der Waals surface area (Å²) >= 11 is 0. The van der Waals surface area contributed by atoms with E-state index in [0.29, 0.717) is 12.8 Å². The number of carboxylic acids is 2. The number of hydrogen-bond donors (Lipinski definition) is 2. The van der Waals surface area contributed by atoms with Crippen molar-refractivity contribution in [3.8, 4) is 0 Å². The first-order valence-electron chi connectivity index (χ1n) is 8.51. The van der Waals surface area contributed by atoms with Crippen LogP contribution in [0.5, 0.6) is 0 Å². The largest absolute Gasteiger partial charge is 0.481 e. The number of hydrogen-bond acceptors (Lipinski definition) is 2. The van der Waals surface area contributed by atoms with Crippen LogP contribution in [0.3, 0.4) is 0 Å². The average Bonchev–Trinajstić information content (AvgIpc) is 2.56. The Morgan fingerprint density at radius 2 is 1.08 bits per heavy atom. The van der Waals surface area contributed by atoms with E-state index in [0.717, 1.165) is 25.7 Å². The molecule has 0 saturated heterocycles. The Labute approximate surface area is 142 Å². The van der Waals surface area contributed by atoms with Crippen molar-refractivity contribution in [3.05, 3.63) is 47.5 Å². The van der Waals surface area contributed by atoms with Crippen LogP contribution in [0.25, 0.3) is 10.8 Å². The molecular formula is C20H24O4. The predicted octanol–water partition coefficient (Wildman–Crippen LogP) is 4.43. The summed E-state index contributed by atoms with van der Waals surface area (Å²) < 4.78 is 0. The lowest BCUT2D eigenvalue weighted by molar-refractivity contribution is -0.138. The van der Waals surface area contributed by atoms with Gasteiger partial charge in [-0.25, -0.2) is 0 Å². The highest BCUT2D eigenvalue weighted by molar-refractivity contribution is 5.88. The lowest BCUT2D eigenvalue weighted by atomic mass is 9.94. The smallest absolute Gasteiger partial charge is 0.303 e. The van der Waals surface area contributed by atoms with Gasteiger partial charge in [-0.2, -0.15) is 0 Å². The molecule has 0 heterocycles. The number of fused-ring (bicyclic) bond motifs is 1. The molecule has 128 valence electrons. The molecule has 4 nitrogen and oxygen atoms in total. The Kier molecular flexibility index (Phi) is 6.79. The normalized spacial score (nSPS) is 10.8. The molecule has 0 aliphatic rings. The quantitative estimate of drug-likeness (QED) is 0.633. The third kappa shape index (κ3) is 5.37. The fraction of sp³-hybridized carbons (Fsp3) is 0.400. The van der Waals surface area contributed by atoms with Gasteiger partial charge in [0, 0.05) is 12.8 Å². The van der Waals surface area contributed by atoms with E-state index in [9.17, 15) is 9.59 Å². The molecule has 0 aliphatic carbocycles. The van der Waals surface area contributed by atoms with Crippen LogP contribution in [-0.2, 0) is 22.4 Å². The van der Waals surface area contributed by atoms with E-state index in [-0.39, 0.29) is 12.8 Å². The van der Waals surface area contributed by atoms with Crippen molar-refractivity contribution in [3.63, 3.8) is 0 Å². The zero-order valence-corrected chi connectivity index (χ0v) is 13.8. The molecule has 0 saturated carbocycles. The molecule has 24 heavy (non-hydrogen) atoms. The van der Waals surface area contributed by atoms with E-state index in [1.165, 1.54) is 21.9 Å². The van der Waals surface area contributed by atoms with Gasteiger partial charge in [-0.15, -0.1) is 0 Å². The second-order valence-electron chi connectivity index (χ2n) is 6.13. The molecule has 4 heteroatoms. The van der Waals surface area contributed by atoms with Crippen LogP contribution in [0.2, 0.25) is 0 Å². The van der Waals surface area contributed by atoms with Crippen LogP contribution in [0, 0.1) is 0 Å². The van der Waals surface area contributed by atoms with Crippen molar-refractivity contribution in [2.45, 2.75) is 51.4 Å². The van der Waals surface area contributed by atoms with Crippen LogP contribution < -0.4 is 0 Å². The highest BCUT2D eigenvalue weighted by atomic mass is 16.4. The van der Waals surface area contributed by atoms with Crippen LogP contribution in [0.15, 0.2) is 36.4 Å². The summed E-state index contributed by atoms with van der Waals surface area (Å²) in [5.41, 5.74) is 2.51. The molecular weight excluding hydrogens is 304 g/mol. The standard InChI is InChI=1S/C20H24O4/c21-19(22)11-5-1-7-15-13-14-16(8-2-6-12-20(23)24)18-10-4-3-9-17(15)18/h3-4,9-10,13-14H,1-2,5-8,11-12H2,(H,21,22)(H,23,24). The summed E-state index contributed by atoms with van der Waals surface area (Å²) in [7, 11) is 0. The maximum atomic E-state index is 10.6. The zero-order valence-electron chi connectivity index (χ0n) is 13.8. The summed E-state index contributed by atoms with van der Waals surface area (Å²) in [5.74, 6) is -1.48. The van der Waals surface area contributed by atoms with Crippen molar-refractivity contribution in [2.75, 3.05) is 0 Å². The number of rotatable bonds is 10. The summed E-state index contributed by atoms with van der Waals surface area (Å²) in [4.78, 5) is 21.2. The second-order valence-corrected chi connectivity index (χ2v) is 6.13. The van der Waals surface area contributed by atoms with Gasteiger partial charge < -0.3 is 10.2 Å². The topological polar surface area (TPSA) is 74.6 Å². The molecule has 2 N–H and O–H groups in total. The number of aliphatic carboxylic acids is 2. The van der Waals surface area contributed by atoms with E-state index in [1.54, 1.807) is 0 Å². The van der Waals surface area contributed by atoms with Gasteiger partial charge in [0.05, 0.1) is 0 Å². The SMILES string of the molecule is O=C(O)CCCCc1ccc(CCCCC(=O)O)c2ccccc12. The number of aryl methyl sites for hydroxylation is 2. The van der Waals surface area contributed by atoms with Gasteiger partial charge in [-0.05, 0) is 60.4 Å². The van der Waals surface area contributed by atoms with Gasteiger partial charge in [0.25, 0.3) is 0 Å². The maximum absolute atomic E-state index is 10.6. The van der Waals surface area contributed by atoms with Gasteiger partial charge in [0.2, 0.25) is 0 Å². The Morgan fingerprint density at radius 1 is 0.667 bits per heavy atom. The van der Waals surface area contributed by atoms with Crippen LogP contribution in [-0.4, -0.2) is 22.2 Å². The first kappa shape index (κ1) is 18.0. The number of carbonyl (C=O) groups is 2. The summed E-state index contributed by atoms with van der Waals surface area (Å²) in [6.45, 7) is 0. The minimum absolute atomic E-state index is 0.222. The van der Waals surface area contributed by atoms with E-state index >= 15 is 0 Å². The molecule has 2 aromatic carbocycles. The van der Waals surface area contributed by atoms with Crippen molar-refractivity contribution < 1.29 is 19.8 Å². The molecule has 2 aromatic rings. The third-order valence-electron chi connectivity index (χ3n) is 4.28. The van der Waals surface area contributed by atoms with E-state index in [4.69, 9.17) is 10.2 Å². The molecule has 0 atom stereocenters. The van der Waals surface area contributed by atoms with Crippen LogP contribution >= 0.6 is 0 Å². The summed E-state index contributed by atoms with van der Waals surface area (Å²) in [6, 6.07) is 12.5. The van der Waals surface area contributed by atoms with E-state index in [2.05, 4.69) is 24.3 Å². The van der Waals surface area contributed by atoms with Crippen molar-refractivity contribution in [1.29, 1.82) is 0 Å². The molecule has 0 amide bonds. The van der Waals surface area contributed by atoms with E-state index in [1.807, 2.05) is 12.1 Å². The highest BCUT2D eigenvalue weighted by Gasteiger charge is 2.07. The summed E-state index contributed by atoms with van der Waals surface area (Å²) in [6.07, 6.45) is 5.34. The highest BCUT2D eigenvalue weighted by Crippen LogP contribution is 2.25. The van der Waals surface area contributed by atoms with Crippen molar-refractivity contribution >= 4 is 22.7 Å². The molecule has 0 spiro atoms. The Hall–Kier alpha value is -2.36. The van der Waals surface area contributed by atoms with Gasteiger partial charge in [0.15, 0.2) is 0 Å².